The van der Waals surface area contributed by atoms with Gasteiger partial charge in [0.2, 0.25) is 0 Å². The van der Waals surface area contributed by atoms with Crippen molar-refractivity contribution in [3.63, 3.8) is 0 Å². The lowest BCUT2D eigenvalue weighted by Crippen LogP contribution is -2.14. The molecule has 0 spiro atoms. The lowest BCUT2D eigenvalue weighted by Gasteiger charge is -2.10. The molecule has 0 aliphatic rings. The van der Waals surface area contributed by atoms with Crippen LogP contribution in [-0.2, 0) is 11.3 Å². The van der Waals surface area contributed by atoms with E-state index in [1.165, 1.54) is 0 Å². The molecule has 3 rings (SSSR count). The highest BCUT2D eigenvalue weighted by Crippen LogP contribution is 2.23. The Hall–Kier alpha value is -2.80. The monoisotopic (exact) mass is 347 g/mol. The van der Waals surface area contributed by atoms with Gasteiger partial charge in [0.25, 0.3) is 0 Å². The molecular weight excluding hydrogens is 330 g/mol. The second-order valence-corrected chi connectivity index (χ2v) is 4.84. The summed E-state index contributed by atoms with van der Waals surface area (Å²) in [6.45, 7) is 2.70. The van der Waals surface area contributed by atoms with E-state index in [1.807, 2.05) is 30.3 Å². The van der Waals surface area contributed by atoms with Crippen molar-refractivity contribution >= 4 is 41.2 Å². The number of pyridine rings is 1. The van der Waals surface area contributed by atoms with Crippen LogP contribution in [0.2, 0.25) is 0 Å². The molecule has 0 saturated heterocycles. The number of amides is 1. The molecule has 0 aliphatic heterocycles. The zero-order valence-corrected chi connectivity index (χ0v) is 13.9. The highest BCUT2D eigenvalue weighted by molar-refractivity contribution is 5.91. The van der Waals surface area contributed by atoms with E-state index in [0.29, 0.717) is 24.6 Å². The number of ether oxygens (including phenoxy) is 1. The molecular formula is C16H18ClN5O2. The number of benzene rings is 1. The smallest absolute Gasteiger partial charge is 0.412 e. The van der Waals surface area contributed by atoms with E-state index in [1.54, 1.807) is 19.3 Å². The van der Waals surface area contributed by atoms with E-state index in [-0.39, 0.29) is 12.4 Å². The van der Waals surface area contributed by atoms with Crippen LogP contribution >= 0.6 is 12.4 Å². The Morgan fingerprint density at radius 3 is 2.83 bits per heavy atom. The zero-order chi connectivity index (χ0) is 16.1. The first-order valence-electron chi connectivity index (χ1n) is 7.32. The molecule has 0 saturated carbocycles. The Labute approximate surface area is 145 Å². The van der Waals surface area contributed by atoms with Crippen molar-refractivity contribution in [2.24, 2.45) is 0 Å². The quantitative estimate of drug-likeness (QED) is 0.656. The molecule has 126 valence electrons. The predicted molar refractivity (Wildman–Crippen MR) is 95.6 cm³/mol. The standard InChI is InChI=1S/C16H17N5O2.ClH/c1-2-23-16(22)21-13-8-12(14-15(20-13)19-10-18-14)17-9-11-6-4-3-5-7-11;/h3-8,10H,2,9H2,1H3,(H3,17,18,19,20,21,22);1H. The SMILES string of the molecule is CCOC(=O)Nc1cc(NCc2ccccc2)c2[nH]cnc2n1.Cl. The fourth-order valence-corrected chi connectivity index (χ4v) is 2.19. The van der Waals surface area contributed by atoms with Crippen LogP contribution in [0.5, 0.6) is 0 Å². The number of anilines is 2. The van der Waals surface area contributed by atoms with Crippen LogP contribution < -0.4 is 10.6 Å². The van der Waals surface area contributed by atoms with Crippen molar-refractivity contribution in [3.05, 3.63) is 48.3 Å². The number of aromatic nitrogens is 3. The van der Waals surface area contributed by atoms with Crippen molar-refractivity contribution in [1.29, 1.82) is 0 Å². The minimum Gasteiger partial charge on any atom is -0.450 e. The molecule has 1 amide bonds. The summed E-state index contributed by atoms with van der Waals surface area (Å²) in [4.78, 5) is 23.0. The number of rotatable bonds is 5. The van der Waals surface area contributed by atoms with Gasteiger partial charge >= 0.3 is 6.09 Å². The van der Waals surface area contributed by atoms with E-state index >= 15 is 0 Å². The van der Waals surface area contributed by atoms with Gasteiger partial charge in [0.05, 0.1) is 18.6 Å². The second-order valence-electron chi connectivity index (χ2n) is 4.84. The number of aromatic amines is 1. The van der Waals surface area contributed by atoms with Crippen LogP contribution in [0.4, 0.5) is 16.3 Å². The Kier molecular flexibility index (Phi) is 5.97. The first-order valence-corrected chi connectivity index (χ1v) is 7.32. The maximum atomic E-state index is 11.6. The van der Waals surface area contributed by atoms with Crippen molar-refractivity contribution in [2.75, 3.05) is 17.2 Å². The molecule has 0 atom stereocenters. The number of imidazole rings is 1. The lowest BCUT2D eigenvalue weighted by molar-refractivity contribution is 0.168. The van der Waals surface area contributed by atoms with Crippen LogP contribution in [0.1, 0.15) is 12.5 Å². The zero-order valence-electron chi connectivity index (χ0n) is 13.1. The molecule has 0 bridgehead atoms. The molecule has 3 N–H and O–H groups in total. The number of halogens is 1. The molecule has 0 unspecified atom stereocenters. The van der Waals surface area contributed by atoms with Gasteiger partial charge in [-0.3, -0.25) is 5.32 Å². The summed E-state index contributed by atoms with van der Waals surface area (Å²) < 4.78 is 4.87. The minimum atomic E-state index is -0.538. The number of carbonyl (C=O) groups excluding carboxylic acids is 1. The van der Waals surface area contributed by atoms with E-state index in [2.05, 4.69) is 25.6 Å². The van der Waals surface area contributed by atoms with Crippen LogP contribution in [0.25, 0.3) is 11.2 Å². The molecule has 3 aromatic rings. The van der Waals surface area contributed by atoms with Crippen LogP contribution in [-0.4, -0.2) is 27.7 Å². The van der Waals surface area contributed by atoms with Gasteiger partial charge in [0.1, 0.15) is 11.3 Å². The molecule has 2 heterocycles. The van der Waals surface area contributed by atoms with E-state index in [0.717, 1.165) is 16.8 Å². The summed E-state index contributed by atoms with van der Waals surface area (Å²) in [7, 11) is 0. The minimum absolute atomic E-state index is 0. The average Bonchev–Trinajstić information content (AvgIpc) is 3.02. The Morgan fingerprint density at radius 1 is 1.29 bits per heavy atom. The maximum Gasteiger partial charge on any atom is 0.412 e. The van der Waals surface area contributed by atoms with E-state index < -0.39 is 6.09 Å². The van der Waals surface area contributed by atoms with Crippen LogP contribution in [0, 0.1) is 0 Å². The summed E-state index contributed by atoms with van der Waals surface area (Å²) in [6, 6.07) is 11.8. The van der Waals surface area contributed by atoms with E-state index in [9.17, 15) is 4.79 Å². The number of hydrogen-bond donors (Lipinski definition) is 3. The fraction of sp³-hybridized carbons (Fsp3) is 0.188. The third-order valence-electron chi connectivity index (χ3n) is 3.23. The highest BCUT2D eigenvalue weighted by Gasteiger charge is 2.10. The van der Waals surface area contributed by atoms with Crippen molar-refractivity contribution in [1.82, 2.24) is 15.0 Å². The summed E-state index contributed by atoms with van der Waals surface area (Å²) >= 11 is 0. The van der Waals surface area contributed by atoms with Gasteiger partial charge in [-0.1, -0.05) is 30.3 Å². The fourth-order valence-electron chi connectivity index (χ4n) is 2.19. The Morgan fingerprint density at radius 2 is 2.08 bits per heavy atom. The topological polar surface area (TPSA) is 91.9 Å². The van der Waals surface area contributed by atoms with Crippen LogP contribution in [0.15, 0.2) is 42.7 Å². The average molecular weight is 348 g/mol. The van der Waals surface area contributed by atoms with Gasteiger partial charge in [-0.25, -0.2) is 14.8 Å². The van der Waals surface area contributed by atoms with E-state index in [4.69, 9.17) is 4.74 Å². The van der Waals surface area contributed by atoms with Gasteiger partial charge < -0.3 is 15.0 Å². The van der Waals surface area contributed by atoms with Gasteiger partial charge in [0, 0.05) is 12.6 Å². The van der Waals surface area contributed by atoms with Crippen molar-refractivity contribution in [3.8, 4) is 0 Å². The molecule has 0 fully saturated rings. The van der Waals surface area contributed by atoms with Gasteiger partial charge in [-0.15, -0.1) is 12.4 Å². The van der Waals surface area contributed by atoms with Gasteiger partial charge in [-0.2, -0.15) is 0 Å². The predicted octanol–water partition coefficient (Wildman–Crippen LogP) is 3.56. The third kappa shape index (κ3) is 4.14. The van der Waals surface area contributed by atoms with Crippen molar-refractivity contribution in [2.45, 2.75) is 13.5 Å². The summed E-state index contributed by atoms with van der Waals surface area (Å²) in [5, 5.41) is 5.93. The summed E-state index contributed by atoms with van der Waals surface area (Å²) in [5.41, 5.74) is 3.27. The first-order chi connectivity index (χ1) is 11.3. The Bertz CT molecular complexity index is 807. The lowest BCUT2D eigenvalue weighted by atomic mass is 10.2. The molecule has 7 nitrogen and oxygen atoms in total. The number of H-pyrrole nitrogens is 1. The number of fused-ring (bicyclic) bond motifs is 1. The molecule has 1 aromatic carbocycles. The first kappa shape index (κ1) is 17.6. The normalized spacial score (nSPS) is 10.0. The number of hydrogen-bond acceptors (Lipinski definition) is 5. The van der Waals surface area contributed by atoms with Crippen molar-refractivity contribution < 1.29 is 9.53 Å². The third-order valence-corrected chi connectivity index (χ3v) is 3.23. The molecule has 0 aliphatic carbocycles. The number of nitrogens with one attached hydrogen (secondary N) is 3. The molecule has 8 heteroatoms. The maximum absolute atomic E-state index is 11.6. The molecule has 24 heavy (non-hydrogen) atoms. The van der Waals surface area contributed by atoms with Crippen LogP contribution in [0.3, 0.4) is 0 Å². The molecule has 2 aromatic heterocycles. The molecule has 0 radical (unpaired) electrons. The summed E-state index contributed by atoms with van der Waals surface area (Å²) in [6.07, 6.45) is 1.03. The Balaban J connectivity index is 0.00000208. The summed E-state index contributed by atoms with van der Waals surface area (Å²) in [5.74, 6) is 0.388. The second kappa shape index (κ2) is 8.16. The van der Waals surface area contributed by atoms with Gasteiger partial charge in [-0.05, 0) is 12.5 Å². The highest BCUT2D eigenvalue weighted by atomic mass is 35.5. The largest absolute Gasteiger partial charge is 0.450 e. The number of carbonyl (C=O) groups is 1. The number of nitrogens with zero attached hydrogens (tertiary/aromatic N) is 2. The van der Waals surface area contributed by atoms with Gasteiger partial charge in [0.15, 0.2) is 5.65 Å².